The fraction of sp³-hybridized carbons (Fsp3) is 0.400. The van der Waals surface area contributed by atoms with Crippen LogP contribution < -0.4 is 10.5 Å². The number of nitrogens with two attached hydrogens (primary N) is 1. The summed E-state index contributed by atoms with van der Waals surface area (Å²) in [5, 5.41) is 9.63. The maximum atomic E-state index is 13.2. The summed E-state index contributed by atoms with van der Waals surface area (Å²) in [5.74, 6) is -0.380. The lowest BCUT2D eigenvalue weighted by atomic mass is 10.1. The van der Waals surface area contributed by atoms with E-state index in [-0.39, 0.29) is 5.75 Å². The van der Waals surface area contributed by atoms with E-state index in [0.717, 1.165) is 0 Å². The van der Waals surface area contributed by atoms with Crippen molar-refractivity contribution in [3.63, 3.8) is 0 Å². The molecule has 0 unspecified atom stereocenters. The molecule has 0 aliphatic rings. The van der Waals surface area contributed by atoms with E-state index in [1.807, 2.05) is 0 Å². The van der Waals surface area contributed by atoms with E-state index in [2.05, 4.69) is 0 Å². The second-order valence-corrected chi connectivity index (χ2v) is 2.96. The number of methoxy groups -OCH3 is 1. The van der Waals surface area contributed by atoms with Crippen molar-refractivity contribution in [1.29, 1.82) is 0 Å². The molecule has 0 bridgehead atoms. The van der Waals surface area contributed by atoms with Crippen LogP contribution in [0.3, 0.4) is 0 Å². The molecule has 0 aliphatic heterocycles. The van der Waals surface area contributed by atoms with Crippen molar-refractivity contribution in [3.8, 4) is 5.75 Å². The Kier molecular flexibility index (Phi) is 3.85. The van der Waals surface area contributed by atoms with Crippen LogP contribution >= 0.6 is 0 Å². The lowest BCUT2D eigenvalue weighted by Gasteiger charge is -2.14. The van der Waals surface area contributed by atoms with Crippen molar-refractivity contribution >= 4 is 0 Å². The number of benzene rings is 1. The molecular weight excluding hydrogens is 185 g/mol. The lowest BCUT2D eigenvalue weighted by molar-refractivity contribution is 0.165. The first kappa shape index (κ1) is 10.9. The summed E-state index contributed by atoms with van der Waals surface area (Å²) >= 11 is 0. The molecule has 0 aliphatic carbocycles. The first-order valence-corrected chi connectivity index (χ1v) is 4.41. The van der Waals surface area contributed by atoms with Crippen molar-refractivity contribution < 1.29 is 14.2 Å². The minimum Gasteiger partial charge on any atom is -0.493 e. The Morgan fingerprint density at radius 1 is 1.57 bits per heavy atom. The number of hydrogen-bond acceptors (Lipinski definition) is 3. The first-order chi connectivity index (χ1) is 6.70. The molecule has 0 amide bonds. The minimum absolute atomic E-state index is 0.0912. The third-order valence-electron chi connectivity index (χ3n) is 2.00. The molecule has 78 valence electrons. The van der Waals surface area contributed by atoms with Gasteiger partial charge in [0, 0.05) is 5.56 Å². The standard InChI is InChI=1S/C10H14FNO2/c1-14-10-7(9(13)5-6-12)3-2-4-8(10)11/h2-4,9,13H,5-6,12H2,1H3/t9-/m1/s1. The van der Waals surface area contributed by atoms with Crippen molar-refractivity contribution in [2.45, 2.75) is 12.5 Å². The van der Waals surface area contributed by atoms with Crippen LogP contribution in [0.25, 0.3) is 0 Å². The van der Waals surface area contributed by atoms with Gasteiger partial charge >= 0.3 is 0 Å². The van der Waals surface area contributed by atoms with E-state index in [1.165, 1.54) is 19.2 Å². The number of rotatable bonds is 4. The summed E-state index contributed by atoms with van der Waals surface area (Å²) in [7, 11) is 1.37. The fourth-order valence-electron chi connectivity index (χ4n) is 1.32. The molecule has 1 aromatic rings. The summed E-state index contributed by atoms with van der Waals surface area (Å²) in [6.07, 6.45) is -0.384. The molecule has 0 fully saturated rings. The first-order valence-electron chi connectivity index (χ1n) is 4.41. The van der Waals surface area contributed by atoms with Crippen molar-refractivity contribution in [1.82, 2.24) is 0 Å². The molecular formula is C10H14FNO2. The number of halogens is 1. The molecule has 0 aromatic heterocycles. The highest BCUT2D eigenvalue weighted by atomic mass is 19.1. The zero-order valence-corrected chi connectivity index (χ0v) is 8.03. The highest BCUT2D eigenvalue weighted by molar-refractivity contribution is 5.36. The van der Waals surface area contributed by atoms with Gasteiger partial charge in [-0.15, -0.1) is 0 Å². The van der Waals surface area contributed by atoms with E-state index in [9.17, 15) is 9.50 Å². The second kappa shape index (κ2) is 4.93. The maximum Gasteiger partial charge on any atom is 0.165 e. The molecule has 3 nitrogen and oxygen atoms in total. The van der Waals surface area contributed by atoms with E-state index < -0.39 is 11.9 Å². The van der Waals surface area contributed by atoms with Gasteiger partial charge < -0.3 is 15.6 Å². The Bertz CT molecular complexity index is 304. The summed E-state index contributed by atoms with van der Waals surface area (Å²) in [4.78, 5) is 0. The maximum absolute atomic E-state index is 13.2. The van der Waals surface area contributed by atoms with Crippen LogP contribution in [-0.4, -0.2) is 18.8 Å². The number of hydrogen-bond donors (Lipinski definition) is 2. The average molecular weight is 199 g/mol. The van der Waals surface area contributed by atoms with Crippen LogP contribution in [-0.2, 0) is 0 Å². The largest absolute Gasteiger partial charge is 0.493 e. The highest BCUT2D eigenvalue weighted by Crippen LogP contribution is 2.29. The van der Waals surface area contributed by atoms with E-state index in [0.29, 0.717) is 18.5 Å². The summed E-state index contributed by atoms with van der Waals surface area (Å²) in [6.45, 7) is 0.348. The van der Waals surface area contributed by atoms with E-state index in [1.54, 1.807) is 6.07 Å². The van der Waals surface area contributed by atoms with Gasteiger partial charge in [0.2, 0.25) is 0 Å². The number of aliphatic hydroxyl groups is 1. The summed E-state index contributed by atoms with van der Waals surface area (Å²) in [5.41, 5.74) is 5.74. The fourth-order valence-corrected chi connectivity index (χ4v) is 1.32. The molecule has 1 atom stereocenters. The van der Waals surface area contributed by atoms with Crippen LogP contribution in [0.2, 0.25) is 0 Å². The molecule has 0 heterocycles. The van der Waals surface area contributed by atoms with Crippen LogP contribution in [0.5, 0.6) is 5.75 Å². The van der Waals surface area contributed by atoms with Gasteiger partial charge in [0.1, 0.15) is 0 Å². The van der Waals surface area contributed by atoms with Crippen LogP contribution in [0.1, 0.15) is 18.1 Å². The molecule has 0 saturated heterocycles. The topological polar surface area (TPSA) is 55.5 Å². The van der Waals surface area contributed by atoms with Gasteiger partial charge in [-0.3, -0.25) is 0 Å². The lowest BCUT2D eigenvalue weighted by Crippen LogP contribution is -2.08. The summed E-state index contributed by atoms with van der Waals surface area (Å²) in [6, 6.07) is 4.45. The second-order valence-electron chi connectivity index (χ2n) is 2.96. The van der Waals surface area contributed by atoms with Gasteiger partial charge in [0.15, 0.2) is 11.6 Å². The number of para-hydroxylation sites is 1. The minimum atomic E-state index is -0.773. The molecule has 1 aromatic carbocycles. The Morgan fingerprint density at radius 3 is 2.86 bits per heavy atom. The Hall–Kier alpha value is -1.13. The molecule has 0 radical (unpaired) electrons. The molecule has 0 spiro atoms. The molecule has 1 rings (SSSR count). The van der Waals surface area contributed by atoms with E-state index >= 15 is 0 Å². The predicted octanol–water partition coefficient (Wildman–Crippen LogP) is 1.22. The monoisotopic (exact) mass is 199 g/mol. The van der Waals surface area contributed by atoms with Gasteiger partial charge in [-0.05, 0) is 19.0 Å². The molecule has 3 N–H and O–H groups in total. The quantitative estimate of drug-likeness (QED) is 0.766. The van der Waals surface area contributed by atoms with Crippen LogP contribution in [0.15, 0.2) is 18.2 Å². The smallest absolute Gasteiger partial charge is 0.165 e. The zero-order chi connectivity index (χ0) is 10.6. The zero-order valence-electron chi connectivity index (χ0n) is 8.03. The van der Waals surface area contributed by atoms with Crippen LogP contribution in [0, 0.1) is 5.82 Å². The third kappa shape index (κ3) is 2.21. The van der Waals surface area contributed by atoms with Crippen LogP contribution in [0.4, 0.5) is 4.39 Å². The molecule has 0 saturated carbocycles. The predicted molar refractivity (Wildman–Crippen MR) is 51.6 cm³/mol. The van der Waals surface area contributed by atoms with Crippen molar-refractivity contribution in [2.75, 3.05) is 13.7 Å². The van der Waals surface area contributed by atoms with Gasteiger partial charge in [-0.25, -0.2) is 4.39 Å². The normalized spacial score (nSPS) is 12.6. The number of aliphatic hydroxyl groups excluding tert-OH is 1. The van der Waals surface area contributed by atoms with Gasteiger partial charge in [0.05, 0.1) is 13.2 Å². The van der Waals surface area contributed by atoms with E-state index in [4.69, 9.17) is 10.5 Å². The molecule has 14 heavy (non-hydrogen) atoms. The Balaban J connectivity index is 3.00. The highest BCUT2D eigenvalue weighted by Gasteiger charge is 2.15. The van der Waals surface area contributed by atoms with Gasteiger partial charge in [-0.2, -0.15) is 0 Å². The number of ether oxygens (including phenoxy) is 1. The summed E-state index contributed by atoms with van der Waals surface area (Å²) < 4.78 is 18.1. The Labute approximate surface area is 82.3 Å². The Morgan fingerprint density at radius 2 is 2.29 bits per heavy atom. The third-order valence-corrected chi connectivity index (χ3v) is 2.00. The average Bonchev–Trinajstić information content (AvgIpc) is 2.17. The van der Waals surface area contributed by atoms with Gasteiger partial charge in [-0.1, -0.05) is 12.1 Å². The SMILES string of the molecule is COc1c(F)cccc1[C@H](O)CCN. The molecule has 4 heteroatoms. The van der Waals surface area contributed by atoms with Crippen molar-refractivity contribution in [3.05, 3.63) is 29.6 Å². The van der Waals surface area contributed by atoms with Gasteiger partial charge in [0.25, 0.3) is 0 Å². The van der Waals surface area contributed by atoms with Crippen molar-refractivity contribution in [2.24, 2.45) is 5.73 Å².